The molecule has 0 saturated carbocycles. The number of aldehydes is 1. The molecule has 2 heterocycles. The number of aryl methyl sites for hydroxylation is 1. The number of carbonyl (C=O) groups is 1. The van der Waals surface area contributed by atoms with Gasteiger partial charge in [0, 0.05) is 12.3 Å². The molecule has 0 amide bonds. The molecule has 0 spiro atoms. The monoisotopic (exact) mass is 347 g/mol. The molecule has 4 nitrogen and oxygen atoms in total. The van der Waals surface area contributed by atoms with Crippen LogP contribution in [0.5, 0.6) is 0 Å². The van der Waals surface area contributed by atoms with E-state index in [1.165, 1.54) is 11.1 Å². The van der Waals surface area contributed by atoms with Gasteiger partial charge in [-0.25, -0.2) is 4.98 Å². The Hall–Kier alpha value is -2.79. The summed E-state index contributed by atoms with van der Waals surface area (Å²) in [4.78, 5) is 16.5. The molecular weight excluding hydrogens is 330 g/mol. The fraction of sp³-hybridized carbons (Fsp3) is 0.150. The van der Waals surface area contributed by atoms with E-state index in [1.54, 1.807) is 15.9 Å². The molecule has 0 aliphatic carbocycles. The van der Waals surface area contributed by atoms with Crippen LogP contribution in [-0.4, -0.2) is 20.9 Å². The minimum absolute atomic E-state index is 0.221. The van der Waals surface area contributed by atoms with E-state index >= 15 is 0 Å². The summed E-state index contributed by atoms with van der Waals surface area (Å²) in [5.41, 5.74) is 3.78. The highest BCUT2D eigenvalue weighted by atomic mass is 32.1. The van der Waals surface area contributed by atoms with Crippen LogP contribution in [0.25, 0.3) is 4.96 Å². The normalized spacial score (nSPS) is 11.3. The number of imidazole rings is 1. The minimum Gasteiger partial charge on any atom is -0.296 e. The molecule has 0 aliphatic rings. The molecule has 0 radical (unpaired) electrons. The van der Waals surface area contributed by atoms with E-state index in [9.17, 15) is 4.79 Å². The van der Waals surface area contributed by atoms with E-state index in [0.29, 0.717) is 5.69 Å². The summed E-state index contributed by atoms with van der Waals surface area (Å²) in [7, 11) is 0. The molecule has 0 fully saturated rings. The van der Waals surface area contributed by atoms with Crippen molar-refractivity contribution in [3.05, 3.63) is 88.2 Å². The predicted octanol–water partition coefficient (Wildman–Crippen LogP) is 4.29. The second-order valence-corrected chi connectivity index (χ2v) is 7.01. The first-order valence-corrected chi connectivity index (χ1v) is 8.98. The summed E-state index contributed by atoms with van der Waals surface area (Å²) in [6.45, 7) is 1.83. The van der Waals surface area contributed by atoms with Crippen LogP contribution in [0.2, 0.25) is 0 Å². The zero-order valence-corrected chi connectivity index (χ0v) is 14.6. The number of hydrogen-bond donors (Lipinski definition) is 0. The van der Waals surface area contributed by atoms with Crippen LogP contribution >= 0.6 is 11.3 Å². The fourth-order valence-electron chi connectivity index (χ4n) is 3.10. The Labute approximate surface area is 149 Å². The van der Waals surface area contributed by atoms with Gasteiger partial charge in [0.2, 0.25) is 4.96 Å². The van der Waals surface area contributed by atoms with E-state index in [0.717, 1.165) is 28.4 Å². The maximum atomic E-state index is 11.3. The van der Waals surface area contributed by atoms with Gasteiger partial charge in [-0.2, -0.15) is 9.61 Å². The summed E-state index contributed by atoms with van der Waals surface area (Å²) in [6, 6.07) is 20.9. The van der Waals surface area contributed by atoms with E-state index in [-0.39, 0.29) is 5.92 Å². The number of hydrogen-bond acceptors (Lipinski definition) is 4. The van der Waals surface area contributed by atoms with Gasteiger partial charge in [-0.3, -0.25) is 4.79 Å². The number of rotatable bonds is 5. The average Bonchev–Trinajstić information content (AvgIpc) is 3.16. The molecule has 4 aromatic rings. The van der Waals surface area contributed by atoms with Crippen molar-refractivity contribution < 1.29 is 4.79 Å². The van der Waals surface area contributed by atoms with Crippen molar-refractivity contribution in [2.24, 2.45) is 0 Å². The number of fused-ring (bicyclic) bond motifs is 1. The second-order valence-electron chi connectivity index (χ2n) is 5.97. The molecule has 0 unspecified atom stereocenters. The summed E-state index contributed by atoms with van der Waals surface area (Å²) in [5, 5.41) is 5.61. The molecule has 2 aromatic carbocycles. The smallest absolute Gasteiger partial charge is 0.213 e. The maximum absolute atomic E-state index is 11.3. The molecule has 0 bridgehead atoms. The van der Waals surface area contributed by atoms with E-state index in [1.807, 2.05) is 19.1 Å². The zero-order chi connectivity index (χ0) is 17.2. The van der Waals surface area contributed by atoms with Gasteiger partial charge in [0.05, 0.1) is 5.69 Å². The van der Waals surface area contributed by atoms with Crippen LogP contribution in [0.3, 0.4) is 0 Å². The highest BCUT2D eigenvalue weighted by Crippen LogP contribution is 2.30. The molecule has 124 valence electrons. The third-order valence-electron chi connectivity index (χ3n) is 4.36. The van der Waals surface area contributed by atoms with Crippen molar-refractivity contribution in [3.8, 4) is 0 Å². The number of carbonyl (C=O) groups excluding carboxylic acids is 1. The van der Waals surface area contributed by atoms with Gasteiger partial charge in [0.1, 0.15) is 10.7 Å². The van der Waals surface area contributed by atoms with Crippen molar-refractivity contribution in [2.45, 2.75) is 19.3 Å². The first kappa shape index (κ1) is 15.7. The van der Waals surface area contributed by atoms with Crippen molar-refractivity contribution in [1.29, 1.82) is 0 Å². The van der Waals surface area contributed by atoms with Crippen LogP contribution in [0.15, 0.2) is 60.7 Å². The third-order valence-corrected chi connectivity index (χ3v) is 5.29. The molecule has 25 heavy (non-hydrogen) atoms. The Morgan fingerprint density at radius 3 is 2.20 bits per heavy atom. The minimum atomic E-state index is 0.221. The molecule has 0 aliphatic heterocycles. The Morgan fingerprint density at radius 1 is 1.04 bits per heavy atom. The molecular formula is C20H17N3OS. The van der Waals surface area contributed by atoms with Crippen LogP contribution in [-0.2, 0) is 6.42 Å². The topological polar surface area (TPSA) is 47.3 Å². The number of aromatic nitrogens is 3. The highest BCUT2D eigenvalue weighted by Gasteiger charge is 2.19. The fourth-order valence-corrected chi connectivity index (χ4v) is 4.09. The van der Waals surface area contributed by atoms with E-state index < -0.39 is 0 Å². The molecule has 5 heteroatoms. The van der Waals surface area contributed by atoms with E-state index in [2.05, 4.69) is 58.6 Å². The first-order chi connectivity index (χ1) is 12.3. The van der Waals surface area contributed by atoms with Gasteiger partial charge >= 0.3 is 0 Å². The Bertz CT molecular complexity index is 966. The SMILES string of the molecule is Cc1nc2sc(CC(c3ccccc3)c3ccccc3)nn2c1C=O. The summed E-state index contributed by atoms with van der Waals surface area (Å²) in [5.74, 6) is 0.221. The van der Waals surface area contributed by atoms with Gasteiger partial charge in [-0.1, -0.05) is 72.0 Å². The van der Waals surface area contributed by atoms with Crippen LogP contribution in [0, 0.1) is 6.92 Å². The highest BCUT2D eigenvalue weighted by molar-refractivity contribution is 7.16. The predicted molar refractivity (Wildman–Crippen MR) is 99.4 cm³/mol. The molecule has 0 atom stereocenters. The van der Waals surface area contributed by atoms with Gasteiger partial charge < -0.3 is 0 Å². The van der Waals surface area contributed by atoms with Gasteiger partial charge in [0.25, 0.3) is 0 Å². The van der Waals surface area contributed by atoms with Crippen LogP contribution in [0.1, 0.15) is 38.2 Å². The lowest BCUT2D eigenvalue weighted by atomic mass is 9.89. The Kier molecular flexibility index (Phi) is 4.15. The lowest BCUT2D eigenvalue weighted by molar-refractivity contribution is 0.111. The maximum Gasteiger partial charge on any atom is 0.213 e. The summed E-state index contributed by atoms with van der Waals surface area (Å²) in [6.07, 6.45) is 1.60. The van der Waals surface area contributed by atoms with Crippen molar-refractivity contribution in [2.75, 3.05) is 0 Å². The van der Waals surface area contributed by atoms with Crippen molar-refractivity contribution in [3.63, 3.8) is 0 Å². The third kappa shape index (κ3) is 2.98. The molecule has 4 rings (SSSR count). The second kappa shape index (κ2) is 6.61. The van der Waals surface area contributed by atoms with Crippen molar-refractivity contribution >= 4 is 22.6 Å². The average molecular weight is 347 g/mol. The number of nitrogens with zero attached hydrogens (tertiary/aromatic N) is 3. The number of benzene rings is 2. The van der Waals surface area contributed by atoms with Gasteiger partial charge in [0.15, 0.2) is 6.29 Å². The van der Waals surface area contributed by atoms with Crippen molar-refractivity contribution in [1.82, 2.24) is 14.6 Å². The summed E-state index contributed by atoms with van der Waals surface area (Å²) >= 11 is 1.55. The largest absolute Gasteiger partial charge is 0.296 e. The molecule has 0 saturated heterocycles. The lowest BCUT2D eigenvalue weighted by Gasteiger charge is -2.16. The Morgan fingerprint density at radius 2 is 1.64 bits per heavy atom. The zero-order valence-electron chi connectivity index (χ0n) is 13.8. The molecule has 2 aromatic heterocycles. The van der Waals surface area contributed by atoms with E-state index in [4.69, 9.17) is 0 Å². The van der Waals surface area contributed by atoms with Crippen LogP contribution < -0.4 is 0 Å². The first-order valence-electron chi connectivity index (χ1n) is 8.16. The quantitative estimate of drug-likeness (QED) is 0.506. The lowest BCUT2D eigenvalue weighted by Crippen LogP contribution is -2.05. The summed E-state index contributed by atoms with van der Waals surface area (Å²) < 4.78 is 1.66. The van der Waals surface area contributed by atoms with Gasteiger partial charge in [-0.05, 0) is 18.1 Å². The Balaban J connectivity index is 1.74. The standard InChI is InChI=1S/C20H17N3OS/c1-14-18(13-24)23-20(21-14)25-19(22-23)12-17(15-8-4-2-5-9-15)16-10-6-3-7-11-16/h2-11,13,17H,12H2,1H3. The van der Waals surface area contributed by atoms with Gasteiger partial charge in [-0.15, -0.1) is 0 Å². The molecule has 0 N–H and O–H groups in total. The van der Waals surface area contributed by atoms with Crippen LogP contribution in [0.4, 0.5) is 0 Å².